The van der Waals surface area contributed by atoms with Gasteiger partial charge in [0.15, 0.2) is 0 Å². The lowest BCUT2D eigenvalue weighted by atomic mass is 9.94. The molecule has 1 unspecified atom stereocenters. The van der Waals surface area contributed by atoms with Crippen LogP contribution in [0.4, 0.5) is 0 Å². The van der Waals surface area contributed by atoms with Crippen molar-refractivity contribution in [2.45, 2.75) is 38.1 Å². The number of fused-ring (bicyclic) bond motifs is 1. The summed E-state index contributed by atoms with van der Waals surface area (Å²) >= 11 is 5.53. The highest BCUT2D eigenvalue weighted by Crippen LogP contribution is 2.37. The van der Waals surface area contributed by atoms with Gasteiger partial charge in [0.25, 0.3) is 0 Å². The fourth-order valence-corrected chi connectivity index (χ4v) is 4.77. The Morgan fingerprint density at radius 2 is 2.10 bits per heavy atom. The average molecular weight is 350 g/mol. The number of halogens is 1. The molecule has 1 heterocycles. The van der Waals surface area contributed by atoms with Gasteiger partial charge < -0.3 is 5.32 Å². The average Bonchev–Trinajstić information content (AvgIpc) is 2.86. The fourth-order valence-electron chi connectivity index (χ4n) is 2.95. The number of aryl methyl sites for hydroxylation is 2. The highest BCUT2D eigenvalue weighted by molar-refractivity contribution is 9.11. The quantitative estimate of drug-likeness (QED) is 0.739. The minimum atomic E-state index is 0.567. The summed E-state index contributed by atoms with van der Waals surface area (Å²) in [6.45, 7) is 1.10. The maximum atomic E-state index is 3.75. The Hall–Kier alpha value is -0.640. The maximum absolute atomic E-state index is 3.75. The van der Waals surface area contributed by atoms with Crippen LogP contribution in [0.1, 0.15) is 41.3 Å². The number of hydrogen-bond acceptors (Lipinski definition) is 2. The lowest BCUT2D eigenvalue weighted by molar-refractivity contribution is 0.459. The molecule has 1 aromatic carbocycles. The molecule has 20 heavy (non-hydrogen) atoms. The molecule has 3 heteroatoms. The molecule has 1 atom stereocenters. The van der Waals surface area contributed by atoms with E-state index in [4.69, 9.17) is 0 Å². The molecule has 0 radical (unpaired) electrons. The minimum Gasteiger partial charge on any atom is -0.310 e. The van der Waals surface area contributed by atoms with E-state index in [0.717, 1.165) is 6.54 Å². The highest BCUT2D eigenvalue weighted by Gasteiger charge is 2.21. The Morgan fingerprint density at radius 3 is 2.95 bits per heavy atom. The molecule has 3 rings (SSSR count). The third-order valence-corrected chi connectivity index (χ3v) is 5.67. The molecule has 0 saturated carbocycles. The number of rotatable bonds is 5. The van der Waals surface area contributed by atoms with Gasteiger partial charge in [-0.2, -0.15) is 0 Å². The van der Waals surface area contributed by atoms with Crippen molar-refractivity contribution in [2.24, 2.45) is 0 Å². The Kier molecular flexibility index (Phi) is 4.92. The Balaban J connectivity index is 1.50. The highest BCUT2D eigenvalue weighted by atomic mass is 79.9. The topological polar surface area (TPSA) is 12.0 Å². The van der Waals surface area contributed by atoms with E-state index in [1.54, 1.807) is 4.88 Å². The van der Waals surface area contributed by atoms with Crippen molar-refractivity contribution in [2.75, 3.05) is 6.54 Å². The van der Waals surface area contributed by atoms with Gasteiger partial charge in [-0.1, -0.05) is 30.3 Å². The van der Waals surface area contributed by atoms with Crippen LogP contribution in [0.5, 0.6) is 0 Å². The fraction of sp³-hybridized carbons (Fsp3) is 0.412. The van der Waals surface area contributed by atoms with E-state index < -0.39 is 0 Å². The van der Waals surface area contributed by atoms with Crippen LogP contribution in [-0.4, -0.2) is 6.54 Å². The van der Waals surface area contributed by atoms with E-state index in [0.29, 0.717) is 6.04 Å². The smallest absolute Gasteiger partial charge is 0.0704 e. The van der Waals surface area contributed by atoms with Gasteiger partial charge in [0.05, 0.1) is 3.79 Å². The predicted octanol–water partition coefficient (Wildman–Crippen LogP) is 5.11. The molecule has 0 fully saturated rings. The van der Waals surface area contributed by atoms with E-state index >= 15 is 0 Å². The lowest BCUT2D eigenvalue weighted by Gasteiger charge is -2.23. The molecule has 1 N–H and O–H groups in total. The molecule has 106 valence electrons. The van der Waals surface area contributed by atoms with Crippen molar-refractivity contribution < 1.29 is 0 Å². The van der Waals surface area contributed by atoms with Gasteiger partial charge in [-0.15, -0.1) is 11.3 Å². The van der Waals surface area contributed by atoms with Crippen molar-refractivity contribution >= 4 is 27.3 Å². The number of thiophene rings is 1. The predicted molar refractivity (Wildman–Crippen MR) is 90.5 cm³/mol. The van der Waals surface area contributed by atoms with Gasteiger partial charge in [0, 0.05) is 10.9 Å². The van der Waals surface area contributed by atoms with E-state index in [-0.39, 0.29) is 0 Å². The standard InChI is InChI=1S/C17H20BrNS/c18-17-12-14-15(9-4-10-16(14)20-17)19-11-5-8-13-6-2-1-3-7-13/h1-3,6-7,12,15,19H,4-5,8-11H2. The molecule has 1 nitrogen and oxygen atoms in total. The van der Waals surface area contributed by atoms with Gasteiger partial charge in [-0.25, -0.2) is 0 Å². The Bertz CT molecular complexity index is 549. The van der Waals surface area contributed by atoms with Gasteiger partial charge in [0.1, 0.15) is 0 Å². The van der Waals surface area contributed by atoms with Gasteiger partial charge in [-0.05, 0) is 71.8 Å². The van der Waals surface area contributed by atoms with Crippen molar-refractivity contribution in [3.63, 3.8) is 0 Å². The van der Waals surface area contributed by atoms with Crippen molar-refractivity contribution in [3.8, 4) is 0 Å². The zero-order valence-corrected chi connectivity index (χ0v) is 14.0. The Labute approximate surface area is 133 Å². The normalized spacial score (nSPS) is 17.9. The zero-order chi connectivity index (χ0) is 13.8. The second-order valence-electron chi connectivity index (χ2n) is 5.42. The second kappa shape index (κ2) is 6.88. The van der Waals surface area contributed by atoms with Crippen LogP contribution in [0.3, 0.4) is 0 Å². The third kappa shape index (κ3) is 3.51. The van der Waals surface area contributed by atoms with Gasteiger partial charge in [-0.3, -0.25) is 0 Å². The summed E-state index contributed by atoms with van der Waals surface area (Å²) in [5.74, 6) is 0. The molecule has 0 aliphatic heterocycles. The number of hydrogen-bond donors (Lipinski definition) is 1. The summed E-state index contributed by atoms with van der Waals surface area (Å²) in [6.07, 6.45) is 6.23. The lowest BCUT2D eigenvalue weighted by Crippen LogP contribution is -2.25. The van der Waals surface area contributed by atoms with Crippen LogP contribution in [0.25, 0.3) is 0 Å². The van der Waals surface area contributed by atoms with Gasteiger partial charge >= 0.3 is 0 Å². The summed E-state index contributed by atoms with van der Waals surface area (Å²) in [7, 11) is 0. The summed E-state index contributed by atoms with van der Waals surface area (Å²) in [4.78, 5) is 1.57. The molecule has 2 aromatic rings. The SMILES string of the molecule is Brc1cc2c(s1)CCCC2NCCCc1ccccc1. The van der Waals surface area contributed by atoms with Crippen LogP contribution in [-0.2, 0) is 12.8 Å². The van der Waals surface area contributed by atoms with Crippen LogP contribution in [0.15, 0.2) is 40.2 Å². The first-order valence-electron chi connectivity index (χ1n) is 7.38. The zero-order valence-electron chi connectivity index (χ0n) is 11.6. The summed E-state index contributed by atoms with van der Waals surface area (Å²) in [5.41, 5.74) is 2.98. The van der Waals surface area contributed by atoms with Crippen LogP contribution < -0.4 is 5.32 Å². The van der Waals surface area contributed by atoms with E-state index in [1.165, 1.54) is 47.0 Å². The first-order chi connectivity index (χ1) is 9.83. The van der Waals surface area contributed by atoms with E-state index in [2.05, 4.69) is 57.6 Å². The first kappa shape index (κ1) is 14.3. The van der Waals surface area contributed by atoms with E-state index in [9.17, 15) is 0 Å². The number of benzene rings is 1. The Morgan fingerprint density at radius 1 is 1.25 bits per heavy atom. The van der Waals surface area contributed by atoms with E-state index in [1.807, 2.05) is 11.3 Å². The van der Waals surface area contributed by atoms with Crippen LogP contribution in [0.2, 0.25) is 0 Å². The molecule has 1 aromatic heterocycles. The summed E-state index contributed by atoms with van der Waals surface area (Å²) in [5, 5.41) is 3.75. The van der Waals surface area contributed by atoms with Crippen molar-refractivity contribution in [3.05, 3.63) is 56.2 Å². The summed E-state index contributed by atoms with van der Waals surface area (Å²) < 4.78 is 1.28. The van der Waals surface area contributed by atoms with Crippen LogP contribution >= 0.6 is 27.3 Å². The molecule has 1 aliphatic carbocycles. The molecule has 0 saturated heterocycles. The maximum Gasteiger partial charge on any atom is 0.0704 e. The molecule has 0 bridgehead atoms. The monoisotopic (exact) mass is 349 g/mol. The van der Waals surface area contributed by atoms with Crippen molar-refractivity contribution in [1.82, 2.24) is 5.32 Å². The molecule has 1 aliphatic rings. The molecular weight excluding hydrogens is 330 g/mol. The third-order valence-electron chi connectivity index (χ3n) is 3.96. The second-order valence-corrected chi connectivity index (χ2v) is 7.93. The number of nitrogens with one attached hydrogen (secondary N) is 1. The molecular formula is C17H20BrNS. The molecule has 0 spiro atoms. The van der Waals surface area contributed by atoms with Gasteiger partial charge in [0.2, 0.25) is 0 Å². The largest absolute Gasteiger partial charge is 0.310 e. The minimum absolute atomic E-state index is 0.567. The first-order valence-corrected chi connectivity index (χ1v) is 8.99. The van der Waals surface area contributed by atoms with Crippen LogP contribution in [0, 0.1) is 0 Å². The summed E-state index contributed by atoms with van der Waals surface area (Å²) in [6, 6.07) is 13.6. The molecule has 0 amide bonds. The van der Waals surface area contributed by atoms with Crippen molar-refractivity contribution in [1.29, 1.82) is 0 Å².